The summed E-state index contributed by atoms with van der Waals surface area (Å²) in [6.45, 7) is 6.64. The Kier molecular flexibility index (Phi) is 68.9. The Morgan fingerprint density at radius 1 is 0.0439 bits per heavy atom. The van der Waals surface area contributed by atoms with Crippen molar-refractivity contribution in [1.29, 1.82) is 0 Å². The summed E-state index contributed by atoms with van der Waals surface area (Å²) in [6, 6.07) is 0. The molecule has 460 valence electrons. The van der Waals surface area contributed by atoms with Crippen molar-refractivity contribution in [3.05, 3.63) is 655 Å². The number of hydrogen-bond donors (Lipinski definition) is 0. The van der Waals surface area contributed by atoms with Crippen LogP contribution in [0.1, 0.15) is 0 Å². The van der Waals surface area contributed by atoms with Crippen molar-refractivity contribution in [3.63, 3.8) is 0 Å². The fourth-order valence-electron chi connectivity index (χ4n) is 3.46. The van der Waals surface area contributed by atoms with E-state index in [2.05, 4.69) is 655 Å². The Hall–Kier alpha value is -24.9. The third kappa shape index (κ3) is 87.1. The highest BCUT2D eigenvalue weighted by Crippen LogP contribution is 1.68. The minimum Gasteiger partial charge on any atom is -0.0687 e. The van der Waals surface area contributed by atoms with Gasteiger partial charge in [0.2, 0.25) is 0 Å². The molecule has 0 rings (SSSR count). The van der Waals surface area contributed by atoms with Crippen molar-refractivity contribution in [2.45, 2.75) is 0 Å². The molecule has 0 aliphatic heterocycles. The van der Waals surface area contributed by atoms with Gasteiger partial charge in [-0.2, -0.15) is 0 Å². The first-order valence-corrected chi connectivity index (χ1v) is 28.5. The second kappa shape index (κ2) is 88.1. The second-order valence-electron chi connectivity index (χ2n) is 14.1. The lowest BCUT2D eigenvalue weighted by Gasteiger charge is -1.41. The first-order valence-electron chi connectivity index (χ1n) is 28.5. The maximum absolute atomic E-state index is 3.32. The van der Waals surface area contributed by atoms with Crippen LogP contribution in [-0.2, 0) is 0 Å². The van der Waals surface area contributed by atoms with Gasteiger partial charge in [0.25, 0.3) is 0 Å². The molecule has 0 N–H and O–H groups in total. The van der Waals surface area contributed by atoms with Crippen molar-refractivity contribution in [2.24, 2.45) is 0 Å². The molecule has 114 heavy (non-hydrogen) atoms. The summed E-state index contributed by atoms with van der Waals surface area (Å²) in [5.41, 5.74) is 279. The Morgan fingerprint density at radius 3 is 0.0965 bits per heavy atom. The van der Waals surface area contributed by atoms with Crippen molar-refractivity contribution in [2.75, 3.05) is 0 Å². The normalized spacial score (nSPS) is 3.96. The zero-order chi connectivity index (χ0) is 81.2. The highest BCUT2D eigenvalue weighted by molar-refractivity contribution is 5.03. The monoisotopic (exact) mass is 1370 g/mol. The van der Waals surface area contributed by atoms with Crippen LogP contribution < -0.4 is 0 Å². The smallest absolute Gasteiger partial charge is 0 e. The zero-order valence-corrected chi connectivity index (χ0v) is 57.4. The van der Waals surface area contributed by atoms with Gasteiger partial charge < -0.3 is 0 Å². The molecule has 0 heteroatoms. The van der Waals surface area contributed by atoms with Gasteiger partial charge in [-0.3, -0.25) is 0 Å². The predicted molar refractivity (Wildman–Crippen MR) is 405 cm³/mol. The van der Waals surface area contributed by atoms with Crippen LogP contribution in [0.2, 0.25) is 0 Å². The molecule has 0 fully saturated rings. The van der Waals surface area contributed by atoms with Crippen molar-refractivity contribution >= 4 is 0 Å². The van der Waals surface area contributed by atoms with E-state index in [1.165, 1.54) is 0 Å². The summed E-state index contributed by atoms with van der Waals surface area (Å²) >= 11 is 0. The molecule has 0 bridgehead atoms. The quantitative estimate of drug-likeness (QED) is 0.212. The molecular formula is C114H4. The average Bonchev–Trinajstić information content (AvgIpc) is 2.83. The summed E-state index contributed by atoms with van der Waals surface area (Å²) in [4.78, 5) is 0. The predicted octanol–water partition coefficient (Wildman–Crippen LogP) is 18.2. The number of hydrogen-bond acceptors (Lipinski definition) is 0. The van der Waals surface area contributed by atoms with Gasteiger partial charge in [-0.05, 0) is 105 Å². The van der Waals surface area contributed by atoms with E-state index in [9.17, 15) is 0 Å². The molecule has 0 nitrogen and oxygen atoms in total. The maximum Gasteiger partial charge on any atom is 0 e. The average molecular weight is 1370 g/mol. The van der Waals surface area contributed by atoms with E-state index in [-0.39, 0.29) is 0 Å². The Morgan fingerprint density at radius 2 is 0.0702 bits per heavy atom. The molecular weight excluding hydrogens is 1370 g/mol. The first kappa shape index (κ1) is 89.1. The van der Waals surface area contributed by atoms with E-state index in [0.29, 0.717) is 0 Å². The van der Waals surface area contributed by atoms with E-state index in [0.717, 1.165) is 0 Å². The molecule has 0 aliphatic rings. The van der Waals surface area contributed by atoms with Crippen LogP contribution in [0.5, 0.6) is 0 Å². The third-order valence-electron chi connectivity index (χ3n) is 6.99. The van der Waals surface area contributed by atoms with Crippen molar-refractivity contribution in [1.82, 2.24) is 0 Å². The minimum absolute atomic E-state index is 2.37. The van der Waals surface area contributed by atoms with Gasteiger partial charge in [-0.15, -0.1) is 0 Å². The molecule has 0 amide bonds. The van der Waals surface area contributed by atoms with Gasteiger partial charge in [0, 0.05) is 539 Å². The van der Waals surface area contributed by atoms with Gasteiger partial charge >= 0.3 is 0 Å². The van der Waals surface area contributed by atoms with Crippen LogP contribution in [-0.4, -0.2) is 0 Å². The van der Waals surface area contributed by atoms with E-state index in [1.54, 1.807) is 0 Å². The Balaban J connectivity index is 6.19. The van der Waals surface area contributed by atoms with E-state index < -0.39 is 0 Å². The summed E-state index contributed by atoms with van der Waals surface area (Å²) in [7, 11) is 0. The highest BCUT2D eigenvalue weighted by atomic mass is 13.5. The Bertz CT molecular complexity index is 8590. The fourth-order valence-corrected chi connectivity index (χ4v) is 3.46. The second-order valence-corrected chi connectivity index (χ2v) is 14.1. The van der Waals surface area contributed by atoms with Gasteiger partial charge in [-0.25, -0.2) is 0 Å². The molecule has 0 atom stereocenters. The summed E-state index contributed by atoms with van der Waals surface area (Å²) in [5, 5.41) is 0. The lowest BCUT2D eigenvalue weighted by molar-refractivity contribution is 2.10. The molecule has 0 saturated heterocycles. The molecule has 0 unspecified atom stereocenters. The van der Waals surface area contributed by atoms with Gasteiger partial charge in [0.05, 0.1) is 0 Å². The van der Waals surface area contributed by atoms with E-state index >= 15 is 0 Å². The molecule has 0 aromatic heterocycles. The standard InChI is InChI=1S/C114H4/c1-3-5-7-9-11-13-15-17-19-21-23-25-27-29-31-33-35-37-39-41-43-45-47-49-51-53-55-57-59-61-63-65-67-69-71-73-75-77-79-81-83-85-87-89-91-93-95-97-99-101-103-105-107-109-111-113-114-112-110-108-106-104-102-100-98-96-94-92-90-88-86-84-82-80-78-76-74-72-70-68-66-64-62-60-58-56-54-52-50-48-46-44-42-40-38-36-34-32-30-28-26-24-22-20-18-16-14-12-10-8-6-4-2/h1-2H2. The lowest BCUT2D eigenvalue weighted by atomic mass is 10.6. The summed E-state index contributed by atoms with van der Waals surface area (Å²) in [5.74, 6) is 0. The number of rotatable bonds is 0. The largest absolute Gasteiger partial charge is 0.0687 e. The van der Waals surface area contributed by atoms with Crippen LogP contribution in [0, 0.1) is 0 Å². The molecule has 0 aromatic carbocycles. The highest BCUT2D eigenvalue weighted by Gasteiger charge is 1.52. The topological polar surface area (TPSA) is 0 Å². The van der Waals surface area contributed by atoms with Crippen molar-refractivity contribution < 1.29 is 0 Å². The molecule has 0 aromatic rings. The molecule has 0 saturated carbocycles. The van der Waals surface area contributed by atoms with E-state index in [4.69, 9.17) is 0 Å². The van der Waals surface area contributed by atoms with Crippen LogP contribution >= 0.6 is 0 Å². The molecule has 0 heterocycles. The van der Waals surface area contributed by atoms with E-state index in [1.807, 2.05) is 0 Å². The lowest BCUT2D eigenvalue weighted by Crippen LogP contribution is -1.26. The Labute approximate surface area is 650 Å². The molecule has 0 spiro atoms. The fraction of sp³-hybridized carbons (Fsp3) is 0. The minimum atomic E-state index is 2.37. The molecule has 0 radical (unpaired) electrons. The van der Waals surface area contributed by atoms with Gasteiger partial charge in [0.1, 0.15) is 0 Å². The third-order valence-corrected chi connectivity index (χ3v) is 6.99. The summed E-state index contributed by atoms with van der Waals surface area (Å²) < 4.78 is 0. The maximum atomic E-state index is 3.32. The SMILES string of the molecule is C=C=C=C=C=C=C=C=C=C=C=C=C=C=C=C=C=C=C=C=C=C=C=C=C=C=C=C=C=C=C=C=C=C=C=C=C=C=C=C=C=C=C=C=C=C=C=C=C=C=C=C=C=C=C=C=C=C=C=C=C=C=C=C=C=C=C=C=C=C=C=C=C=C=C=C=C=C=C=C=C=C=C=C=C=C=C=C=C=C=C=C=C=C=C=C=C=C=C=C=C=C=C=C=C=C=C=C=C=C=C=C=C=C. The zero-order valence-electron chi connectivity index (χ0n) is 57.4. The van der Waals surface area contributed by atoms with Crippen LogP contribution in [0.15, 0.2) is 655 Å². The first-order chi connectivity index (χ1) is 56.9. The molecule has 0 aliphatic carbocycles. The van der Waals surface area contributed by atoms with Crippen LogP contribution in [0.3, 0.4) is 0 Å². The summed E-state index contributed by atoms with van der Waals surface area (Å²) in [6.07, 6.45) is 0. The van der Waals surface area contributed by atoms with Gasteiger partial charge in [0.15, 0.2) is 0 Å². The van der Waals surface area contributed by atoms with Crippen LogP contribution in [0.4, 0.5) is 0 Å². The van der Waals surface area contributed by atoms with Crippen LogP contribution in [0.25, 0.3) is 0 Å². The van der Waals surface area contributed by atoms with Crippen molar-refractivity contribution in [3.8, 4) is 0 Å². The van der Waals surface area contributed by atoms with Gasteiger partial charge in [-0.1, -0.05) is 11.5 Å².